The number of aliphatic hydroxyl groups excluding tert-OH is 1. The van der Waals surface area contributed by atoms with Gasteiger partial charge in [0, 0.05) is 43.4 Å². The predicted molar refractivity (Wildman–Crippen MR) is 138 cm³/mol. The van der Waals surface area contributed by atoms with E-state index in [9.17, 15) is 23.5 Å². The monoisotopic (exact) mass is 511 g/mol. The van der Waals surface area contributed by atoms with Gasteiger partial charge in [0.05, 0.1) is 46.5 Å². The van der Waals surface area contributed by atoms with Crippen molar-refractivity contribution in [3.63, 3.8) is 0 Å². The minimum atomic E-state index is -1.03. The summed E-state index contributed by atoms with van der Waals surface area (Å²) in [6.07, 6.45) is 2.91. The summed E-state index contributed by atoms with van der Waals surface area (Å²) in [7, 11) is 3.23. The number of aliphatic hydroxyl groups is 1. The number of anilines is 3. The van der Waals surface area contributed by atoms with E-state index in [1.54, 1.807) is 17.8 Å². The Labute approximate surface area is 211 Å². The van der Waals surface area contributed by atoms with Crippen LogP contribution in [0.4, 0.5) is 30.8 Å². The third-order valence-corrected chi connectivity index (χ3v) is 5.86. The van der Waals surface area contributed by atoms with E-state index in [0.29, 0.717) is 28.5 Å². The van der Waals surface area contributed by atoms with E-state index >= 15 is 0 Å². The molecule has 3 heterocycles. The van der Waals surface area contributed by atoms with E-state index in [2.05, 4.69) is 26.0 Å². The molecule has 0 unspecified atom stereocenters. The normalized spacial score (nSPS) is 11.6. The molecule has 0 radical (unpaired) electrons. The maximum atomic E-state index is 14.9. The maximum Gasteiger partial charge on any atom is 0.323 e. The van der Waals surface area contributed by atoms with Gasteiger partial charge in [-0.3, -0.25) is 9.48 Å². The summed E-state index contributed by atoms with van der Waals surface area (Å²) in [5.74, 6) is -1.44. The smallest absolute Gasteiger partial charge is 0.323 e. The molecule has 4 aromatic rings. The van der Waals surface area contributed by atoms with Crippen molar-refractivity contribution in [1.29, 1.82) is 0 Å². The van der Waals surface area contributed by atoms with Crippen LogP contribution in [0.15, 0.2) is 41.5 Å². The van der Waals surface area contributed by atoms with Crippen molar-refractivity contribution >= 4 is 34.1 Å². The van der Waals surface area contributed by atoms with Gasteiger partial charge in [0.25, 0.3) is 5.56 Å². The van der Waals surface area contributed by atoms with Crippen molar-refractivity contribution in [2.24, 2.45) is 7.05 Å². The first-order chi connectivity index (χ1) is 17.4. The number of nitrogens with one attached hydrogen (secondary N) is 3. The van der Waals surface area contributed by atoms with Gasteiger partial charge in [0.15, 0.2) is 0 Å². The number of hydrogen-bond acceptors (Lipinski definition) is 6. The number of amides is 2. The molecule has 3 aromatic heterocycles. The van der Waals surface area contributed by atoms with Crippen LogP contribution < -0.4 is 21.5 Å². The van der Waals surface area contributed by atoms with E-state index in [0.717, 1.165) is 6.07 Å². The lowest BCUT2D eigenvalue weighted by Crippen LogP contribution is -2.26. The molecule has 0 atom stereocenters. The Morgan fingerprint density at radius 3 is 2.38 bits per heavy atom. The van der Waals surface area contributed by atoms with E-state index in [-0.39, 0.29) is 22.5 Å². The number of nitrogens with zero attached hydrogens (tertiary/aromatic N) is 4. The van der Waals surface area contributed by atoms with Crippen molar-refractivity contribution in [2.45, 2.75) is 32.9 Å². The number of hydrogen-bond donors (Lipinski definition) is 4. The summed E-state index contributed by atoms with van der Waals surface area (Å²) < 4.78 is 32.4. The average Bonchev–Trinajstić information content (AvgIpc) is 3.26. The second-order valence-corrected chi connectivity index (χ2v) is 9.44. The number of halogens is 2. The SMILES string of the molecule is CNc1cc2c(cn1)cc(-c1cc(NC(=O)Nc3cnn(C(C)(C)C)c3CO)c(F)cc1F)c(=O)n2C. The second kappa shape index (κ2) is 9.62. The summed E-state index contributed by atoms with van der Waals surface area (Å²) in [5.41, 5.74) is -0.353. The number of benzene rings is 1. The lowest BCUT2D eigenvalue weighted by atomic mass is 10.0. The molecule has 0 aliphatic rings. The highest BCUT2D eigenvalue weighted by molar-refractivity contribution is 6.00. The molecule has 4 rings (SSSR count). The fourth-order valence-corrected chi connectivity index (χ4v) is 4.03. The Morgan fingerprint density at radius 2 is 1.73 bits per heavy atom. The third kappa shape index (κ3) is 4.87. The Hall–Kier alpha value is -4.32. The van der Waals surface area contributed by atoms with Gasteiger partial charge >= 0.3 is 6.03 Å². The molecule has 0 spiro atoms. The molecule has 2 amide bonds. The van der Waals surface area contributed by atoms with Crippen molar-refractivity contribution in [3.05, 3.63) is 64.3 Å². The summed E-state index contributed by atoms with van der Waals surface area (Å²) >= 11 is 0. The van der Waals surface area contributed by atoms with Crippen LogP contribution in [0.2, 0.25) is 0 Å². The minimum absolute atomic E-state index is 0.0241. The lowest BCUT2D eigenvalue weighted by Gasteiger charge is -2.22. The van der Waals surface area contributed by atoms with Gasteiger partial charge in [-0.1, -0.05) is 0 Å². The van der Waals surface area contributed by atoms with Gasteiger partial charge in [-0.2, -0.15) is 5.10 Å². The summed E-state index contributed by atoms with van der Waals surface area (Å²) in [6, 6.07) is 3.98. The van der Waals surface area contributed by atoms with E-state index in [1.807, 2.05) is 20.8 Å². The van der Waals surface area contributed by atoms with Crippen molar-refractivity contribution in [2.75, 3.05) is 23.0 Å². The number of aromatic nitrogens is 4. The molecule has 0 aliphatic heterocycles. The van der Waals surface area contributed by atoms with Crippen LogP contribution in [0.3, 0.4) is 0 Å². The van der Waals surface area contributed by atoms with Crippen LogP contribution in [0.1, 0.15) is 26.5 Å². The zero-order valence-corrected chi connectivity index (χ0v) is 21.0. The lowest BCUT2D eigenvalue weighted by molar-refractivity contribution is 0.246. The number of pyridine rings is 2. The highest BCUT2D eigenvalue weighted by Crippen LogP contribution is 2.29. The Kier molecular flexibility index (Phi) is 6.70. The van der Waals surface area contributed by atoms with E-state index in [4.69, 9.17) is 0 Å². The highest BCUT2D eigenvalue weighted by Gasteiger charge is 2.22. The van der Waals surface area contributed by atoms with Gasteiger partial charge in [-0.25, -0.2) is 18.6 Å². The molecule has 10 nitrogen and oxygen atoms in total. The number of rotatable bonds is 5. The van der Waals surface area contributed by atoms with Crippen molar-refractivity contribution < 1.29 is 18.7 Å². The summed E-state index contributed by atoms with van der Waals surface area (Å²) in [5, 5.41) is 22.3. The largest absolute Gasteiger partial charge is 0.390 e. The fourth-order valence-electron chi connectivity index (χ4n) is 4.03. The van der Waals surface area contributed by atoms with Crippen LogP contribution in [0.5, 0.6) is 0 Å². The number of aryl methyl sites for hydroxylation is 1. The molecule has 0 fully saturated rings. The summed E-state index contributed by atoms with van der Waals surface area (Å²) in [6.45, 7) is 5.25. The first-order valence-corrected chi connectivity index (χ1v) is 11.4. The zero-order chi connectivity index (χ0) is 27.1. The highest BCUT2D eigenvalue weighted by atomic mass is 19.1. The Balaban J connectivity index is 1.69. The molecular formula is C25H27F2N7O3. The Bertz CT molecular complexity index is 1570. The fraction of sp³-hybridized carbons (Fsp3) is 0.280. The first-order valence-electron chi connectivity index (χ1n) is 11.4. The first kappa shape index (κ1) is 25.8. The molecule has 37 heavy (non-hydrogen) atoms. The number of carbonyl (C=O) groups is 1. The predicted octanol–water partition coefficient (Wildman–Crippen LogP) is 4.01. The van der Waals surface area contributed by atoms with Crippen molar-refractivity contribution in [1.82, 2.24) is 19.3 Å². The molecule has 194 valence electrons. The van der Waals surface area contributed by atoms with Gasteiger partial charge in [0.2, 0.25) is 0 Å². The molecule has 0 aliphatic carbocycles. The van der Waals surface area contributed by atoms with Crippen molar-refractivity contribution in [3.8, 4) is 11.1 Å². The molecular weight excluding hydrogens is 484 g/mol. The topological polar surface area (TPSA) is 126 Å². The summed E-state index contributed by atoms with van der Waals surface area (Å²) in [4.78, 5) is 30.0. The average molecular weight is 512 g/mol. The van der Waals surface area contributed by atoms with Gasteiger partial charge in [-0.05, 0) is 32.9 Å². The standard InChI is InChI=1S/C25H27F2N7O3/c1-25(2,3)34-21(12-35)19(11-30-34)32-24(37)31-18-7-14(16(26)8-17(18)27)15-6-13-10-29-22(28-4)9-20(13)33(5)23(15)36/h6-11,35H,12H2,1-5H3,(H,28,29)(H2,31,32,37). The van der Waals surface area contributed by atoms with E-state index in [1.165, 1.54) is 30.1 Å². The van der Waals surface area contributed by atoms with Gasteiger partial charge in [-0.15, -0.1) is 0 Å². The quantitative estimate of drug-likeness (QED) is 0.321. The molecule has 12 heteroatoms. The van der Waals surface area contributed by atoms with Crippen LogP contribution in [-0.2, 0) is 19.2 Å². The van der Waals surface area contributed by atoms with Crippen LogP contribution >= 0.6 is 0 Å². The zero-order valence-electron chi connectivity index (χ0n) is 21.0. The van der Waals surface area contributed by atoms with E-state index < -0.39 is 35.4 Å². The minimum Gasteiger partial charge on any atom is -0.390 e. The molecule has 4 N–H and O–H groups in total. The third-order valence-electron chi connectivity index (χ3n) is 5.86. The number of fused-ring (bicyclic) bond motifs is 1. The molecule has 0 saturated heterocycles. The Morgan fingerprint density at radius 1 is 1.03 bits per heavy atom. The molecule has 0 bridgehead atoms. The second-order valence-electron chi connectivity index (χ2n) is 9.44. The number of carbonyl (C=O) groups excluding carboxylic acids is 1. The van der Waals surface area contributed by atoms with Gasteiger partial charge in [0.1, 0.15) is 17.5 Å². The van der Waals surface area contributed by atoms with Crippen LogP contribution in [0.25, 0.3) is 22.0 Å². The van der Waals surface area contributed by atoms with Crippen LogP contribution in [-0.4, -0.2) is 37.5 Å². The molecule has 1 aromatic carbocycles. The maximum absolute atomic E-state index is 14.9. The van der Waals surface area contributed by atoms with Crippen LogP contribution in [0, 0.1) is 11.6 Å². The van der Waals surface area contributed by atoms with Gasteiger partial charge < -0.3 is 25.6 Å². The molecule has 0 saturated carbocycles. The number of urea groups is 1.